The maximum absolute atomic E-state index is 3.46. The molecule has 2 nitrogen and oxygen atoms in total. The molecule has 0 amide bonds. The highest BCUT2D eigenvalue weighted by Gasteiger charge is 2.29. The molecule has 1 rings (SSSR count). The van der Waals surface area contributed by atoms with Gasteiger partial charge in [-0.15, -0.1) is 0 Å². The third kappa shape index (κ3) is 2.96. The summed E-state index contributed by atoms with van der Waals surface area (Å²) >= 11 is 0. The van der Waals surface area contributed by atoms with Gasteiger partial charge in [0.25, 0.3) is 0 Å². The van der Waals surface area contributed by atoms with Gasteiger partial charge >= 0.3 is 0 Å². The lowest BCUT2D eigenvalue weighted by Gasteiger charge is -2.32. The highest BCUT2D eigenvalue weighted by Crippen LogP contribution is 2.24. The molecular formula is C12H26N2. The summed E-state index contributed by atoms with van der Waals surface area (Å²) in [6.07, 6.45) is 6.82. The van der Waals surface area contributed by atoms with Crippen LogP contribution in [0.5, 0.6) is 0 Å². The predicted molar refractivity (Wildman–Crippen MR) is 62.6 cm³/mol. The van der Waals surface area contributed by atoms with Crippen molar-refractivity contribution < 1.29 is 0 Å². The molecule has 2 heteroatoms. The average molecular weight is 198 g/mol. The van der Waals surface area contributed by atoms with Gasteiger partial charge in [-0.1, -0.05) is 26.7 Å². The van der Waals surface area contributed by atoms with Crippen molar-refractivity contribution in [2.75, 3.05) is 20.1 Å². The summed E-state index contributed by atoms with van der Waals surface area (Å²) in [4.78, 5) is 2.66. The van der Waals surface area contributed by atoms with E-state index in [0.29, 0.717) is 0 Å². The molecule has 2 unspecified atom stereocenters. The van der Waals surface area contributed by atoms with E-state index >= 15 is 0 Å². The first-order valence-electron chi connectivity index (χ1n) is 6.24. The Bertz CT molecular complexity index is 147. The van der Waals surface area contributed by atoms with Crippen LogP contribution in [0.3, 0.4) is 0 Å². The topological polar surface area (TPSA) is 15.3 Å². The summed E-state index contributed by atoms with van der Waals surface area (Å²) < 4.78 is 0. The second-order valence-corrected chi connectivity index (χ2v) is 4.38. The molecule has 0 radical (unpaired) electrons. The van der Waals surface area contributed by atoms with Gasteiger partial charge in [-0.05, 0) is 39.4 Å². The minimum atomic E-state index is 0.742. The predicted octanol–water partition coefficient (Wildman–Crippen LogP) is 2.25. The summed E-state index contributed by atoms with van der Waals surface area (Å²) in [5, 5.41) is 3.46. The number of hydrogen-bond donors (Lipinski definition) is 1. The van der Waals surface area contributed by atoms with Gasteiger partial charge in [0.05, 0.1) is 0 Å². The van der Waals surface area contributed by atoms with E-state index in [-0.39, 0.29) is 0 Å². The Hall–Kier alpha value is -0.0800. The van der Waals surface area contributed by atoms with Crippen LogP contribution >= 0.6 is 0 Å². The second-order valence-electron chi connectivity index (χ2n) is 4.38. The number of likely N-dealkylation sites (N-methyl/N-ethyl adjacent to an activating group) is 2. The summed E-state index contributed by atoms with van der Waals surface area (Å²) in [5.74, 6) is 0. The molecular weight excluding hydrogens is 172 g/mol. The van der Waals surface area contributed by atoms with Crippen molar-refractivity contribution in [1.29, 1.82) is 0 Å². The first-order chi connectivity index (χ1) is 6.83. The lowest BCUT2D eigenvalue weighted by molar-refractivity contribution is 0.181. The summed E-state index contributed by atoms with van der Waals surface area (Å²) in [5.41, 5.74) is 0. The van der Waals surface area contributed by atoms with Crippen molar-refractivity contribution in [3.63, 3.8) is 0 Å². The van der Waals surface area contributed by atoms with E-state index < -0.39 is 0 Å². The fourth-order valence-corrected chi connectivity index (χ4v) is 2.63. The molecule has 0 heterocycles. The zero-order chi connectivity index (χ0) is 10.4. The average Bonchev–Trinajstić information content (AvgIpc) is 2.67. The van der Waals surface area contributed by atoms with Crippen LogP contribution in [0.4, 0.5) is 0 Å². The molecule has 0 aliphatic heterocycles. The fraction of sp³-hybridized carbons (Fsp3) is 1.00. The molecule has 0 bridgehead atoms. The maximum atomic E-state index is 3.46. The Morgan fingerprint density at radius 3 is 2.64 bits per heavy atom. The van der Waals surface area contributed by atoms with Gasteiger partial charge in [-0.3, -0.25) is 4.90 Å². The number of nitrogens with zero attached hydrogens (tertiary/aromatic N) is 1. The van der Waals surface area contributed by atoms with Crippen LogP contribution in [0.25, 0.3) is 0 Å². The molecule has 0 saturated heterocycles. The van der Waals surface area contributed by atoms with Crippen LogP contribution in [0.2, 0.25) is 0 Å². The SMILES string of the molecule is CCCCN(CC)C1CCCC1NC. The van der Waals surface area contributed by atoms with Crippen molar-refractivity contribution in [3.05, 3.63) is 0 Å². The van der Waals surface area contributed by atoms with E-state index in [2.05, 4.69) is 31.1 Å². The Labute approximate surface area is 89.1 Å². The molecule has 1 fully saturated rings. The van der Waals surface area contributed by atoms with Crippen molar-refractivity contribution >= 4 is 0 Å². The Kier molecular flexibility index (Phi) is 5.49. The zero-order valence-corrected chi connectivity index (χ0v) is 10.1. The largest absolute Gasteiger partial charge is 0.315 e. The van der Waals surface area contributed by atoms with Crippen LogP contribution in [-0.2, 0) is 0 Å². The summed E-state index contributed by atoms with van der Waals surface area (Å²) in [6, 6.07) is 1.54. The minimum absolute atomic E-state index is 0.742. The minimum Gasteiger partial charge on any atom is -0.315 e. The summed E-state index contributed by atoms with van der Waals surface area (Å²) in [7, 11) is 2.11. The first-order valence-corrected chi connectivity index (χ1v) is 6.24. The maximum Gasteiger partial charge on any atom is 0.0249 e. The Balaban J connectivity index is 2.41. The fourth-order valence-electron chi connectivity index (χ4n) is 2.63. The van der Waals surface area contributed by atoms with E-state index in [1.807, 2.05) is 0 Å². The number of rotatable bonds is 6. The Morgan fingerprint density at radius 2 is 2.07 bits per heavy atom. The second kappa shape index (κ2) is 6.41. The van der Waals surface area contributed by atoms with Gasteiger partial charge in [0.15, 0.2) is 0 Å². The molecule has 1 saturated carbocycles. The van der Waals surface area contributed by atoms with Gasteiger partial charge in [0, 0.05) is 12.1 Å². The molecule has 0 aromatic carbocycles. The highest BCUT2D eigenvalue weighted by molar-refractivity contribution is 4.89. The molecule has 84 valence electrons. The van der Waals surface area contributed by atoms with Crippen molar-refractivity contribution in [1.82, 2.24) is 10.2 Å². The van der Waals surface area contributed by atoms with Crippen LogP contribution in [0.15, 0.2) is 0 Å². The van der Waals surface area contributed by atoms with Gasteiger partial charge in [0.1, 0.15) is 0 Å². The molecule has 1 aliphatic rings. The molecule has 14 heavy (non-hydrogen) atoms. The lowest BCUT2D eigenvalue weighted by Crippen LogP contribution is -2.46. The molecule has 2 atom stereocenters. The third-order valence-corrected chi connectivity index (χ3v) is 3.52. The number of nitrogens with one attached hydrogen (secondary N) is 1. The molecule has 0 spiro atoms. The van der Waals surface area contributed by atoms with E-state index in [9.17, 15) is 0 Å². The van der Waals surface area contributed by atoms with E-state index in [4.69, 9.17) is 0 Å². The molecule has 0 aromatic rings. The van der Waals surface area contributed by atoms with Crippen LogP contribution in [-0.4, -0.2) is 37.1 Å². The van der Waals surface area contributed by atoms with Crippen molar-refractivity contribution in [3.8, 4) is 0 Å². The van der Waals surface area contributed by atoms with Gasteiger partial charge in [-0.25, -0.2) is 0 Å². The first kappa shape index (κ1) is 12.0. The van der Waals surface area contributed by atoms with Crippen molar-refractivity contribution in [2.45, 2.75) is 58.0 Å². The number of hydrogen-bond acceptors (Lipinski definition) is 2. The van der Waals surface area contributed by atoms with Crippen LogP contribution < -0.4 is 5.32 Å². The standard InChI is InChI=1S/C12H26N2/c1-4-6-10-14(5-2)12-9-7-8-11(12)13-3/h11-13H,4-10H2,1-3H3. The monoisotopic (exact) mass is 198 g/mol. The lowest BCUT2D eigenvalue weighted by atomic mass is 10.1. The molecule has 0 aromatic heterocycles. The normalized spacial score (nSPS) is 27.4. The van der Waals surface area contributed by atoms with Crippen molar-refractivity contribution in [2.24, 2.45) is 0 Å². The Morgan fingerprint density at radius 1 is 1.29 bits per heavy atom. The van der Waals surface area contributed by atoms with E-state index in [0.717, 1.165) is 12.1 Å². The quantitative estimate of drug-likeness (QED) is 0.704. The van der Waals surface area contributed by atoms with Crippen LogP contribution in [0.1, 0.15) is 46.0 Å². The van der Waals surface area contributed by atoms with Gasteiger partial charge in [-0.2, -0.15) is 0 Å². The number of unbranched alkanes of at least 4 members (excludes halogenated alkanes) is 1. The molecule has 1 N–H and O–H groups in total. The highest BCUT2D eigenvalue weighted by atomic mass is 15.2. The van der Waals surface area contributed by atoms with Crippen LogP contribution in [0, 0.1) is 0 Å². The van der Waals surface area contributed by atoms with Gasteiger partial charge in [0.2, 0.25) is 0 Å². The zero-order valence-electron chi connectivity index (χ0n) is 10.1. The molecule has 1 aliphatic carbocycles. The smallest absolute Gasteiger partial charge is 0.0249 e. The van der Waals surface area contributed by atoms with Gasteiger partial charge < -0.3 is 5.32 Å². The van der Waals surface area contributed by atoms with E-state index in [1.165, 1.54) is 45.2 Å². The van der Waals surface area contributed by atoms with E-state index in [1.54, 1.807) is 0 Å². The third-order valence-electron chi connectivity index (χ3n) is 3.52. The summed E-state index contributed by atoms with van der Waals surface area (Å²) in [6.45, 7) is 7.07.